The lowest BCUT2D eigenvalue weighted by Gasteiger charge is -2.12. The topological polar surface area (TPSA) is 107 Å². The normalized spacial score (nSPS) is 11.9. The Kier molecular flexibility index (Phi) is 4.61. The minimum absolute atomic E-state index is 0.0284. The van der Waals surface area contributed by atoms with Gasteiger partial charge in [0, 0.05) is 24.2 Å². The van der Waals surface area contributed by atoms with E-state index in [2.05, 4.69) is 5.32 Å². The van der Waals surface area contributed by atoms with E-state index in [1.165, 1.54) is 25.3 Å². The molecule has 0 aliphatic carbocycles. The molecule has 0 radical (unpaired) electrons. The molecule has 7 nitrogen and oxygen atoms in total. The molecule has 1 amide bonds. The van der Waals surface area contributed by atoms with E-state index in [4.69, 9.17) is 10.5 Å². The predicted octanol–water partition coefficient (Wildman–Crippen LogP) is 0.567. The number of primary amides is 1. The minimum atomic E-state index is -0.519. The number of nitro benzene ring substituents is 1. The number of nitrogens with zero attached hydrogens (tertiary/aromatic N) is 1. The zero-order chi connectivity index (χ0) is 13.7. The lowest BCUT2D eigenvalue weighted by molar-refractivity contribution is -0.384. The molecule has 3 N–H and O–H groups in total. The first-order valence-electron chi connectivity index (χ1n) is 5.29. The smallest absolute Gasteiger partial charge is 0.270 e. The molecule has 7 heteroatoms. The number of methoxy groups -OCH3 is 1. The molecule has 1 aromatic carbocycles. The van der Waals surface area contributed by atoms with Gasteiger partial charge in [-0.05, 0) is 13.0 Å². The van der Waals surface area contributed by atoms with Gasteiger partial charge in [0.25, 0.3) is 5.69 Å². The van der Waals surface area contributed by atoms with Crippen LogP contribution in [0.2, 0.25) is 0 Å². The first-order chi connectivity index (χ1) is 8.45. The van der Waals surface area contributed by atoms with Crippen LogP contribution < -0.4 is 15.8 Å². The van der Waals surface area contributed by atoms with Crippen LogP contribution in [-0.2, 0) is 11.3 Å². The van der Waals surface area contributed by atoms with Crippen molar-refractivity contribution in [3.8, 4) is 5.75 Å². The minimum Gasteiger partial charge on any atom is -0.496 e. The molecule has 0 saturated heterocycles. The third-order valence-corrected chi connectivity index (χ3v) is 2.50. The Morgan fingerprint density at radius 3 is 2.78 bits per heavy atom. The number of carbonyl (C=O) groups is 1. The number of rotatable bonds is 6. The highest BCUT2D eigenvalue weighted by atomic mass is 16.6. The maximum Gasteiger partial charge on any atom is 0.270 e. The number of nitro groups is 1. The molecule has 0 aliphatic rings. The van der Waals surface area contributed by atoms with E-state index in [1.54, 1.807) is 6.92 Å². The number of non-ortho nitro benzene ring substituents is 1. The highest BCUT2D eigenvalue weighted by molar-refractivity contribution is 5.79. The summed E-state index contributed by atoms with van der Waals surface area (Å²) in [7, 11) is 1.47. The van der Waals surface area contributed by atoms with Gasteiger partial charge < -0.3 is 15.8 Å². The van der Waals surface area contributed by atoms with E-state index in [-0.39, 0.29) is 12.2 Å². The summed E-state index contributed by atoms with van der Waals surface area (Å²) >= 11 is 0. The lowest BCUT2D eigenvalue weighted by atomic mass is 10.1. The molecule has 1 unspecified atom stereocenters. The number of ether oxygens (including phenoxy) is 1. The average molecular weight is 253 g/mol. The Balaban J connectivity index is 2.88. The largest absolute Gasteiger partial charge is 0.496 e. The van der Waals surface area contributed by atoms with Gasteiger partial charge in [-0.25, -0.2) is 0 Å². The van der Waals surface area contributed by atoms with Crippen molar-refractivity contribution in [1.29, 1.82) is 0 Å². The van der Waals surface area contributed by atoms with Gasteiger partial charge >= 0.3 is 0 Å². The molecule has 0 saturated carbocycles. The standard InChI is InChI=1S/C11H15N3O4/c1-7(11(12)15)13-6-8-5-9(14(16)17)3-4-10(8)18-2/h3-5,7,13H,6H2,1-2H3,(H2,12,15). The molecule has 98 valence electrons. The predicted molar refractivity (Wildman–Crippen MR) is 65.1 cm³/mol. The van der Waals surface area contributed by atoms with E-state index < -0.39 is 16.9 Å². The summed E-state index contributed by atoms with van der Waals surface area (Å²) in [4.78, 5) is 21.1. The Labute approximate surface area is 104 Å². The van der Waals surface area contributed by atoms with Crippen molar-refractivity contribution >= 4 is 11.6 Å². The molecule has 0 bridgehead atoms. The number of nitrogens with one attached hydrogen (secondary N) is 1. The molecule has 1 rings (SSSR count). The van der Waals surface area contributed by atoms with Crippen molar-refractivity contribution in [2.24, 2.45) is 5.73 Å². The highest BCUT2D eigenvalue weighted by Gasteiger charge is 2.13. The number of nitrogens with two attached hydrogens (primary N) is 1. The van der Waals surface area contributed by atoms with Crippen LogP contribution in [-0.4, -0.2) is 24.0 Å². The van der Waals surface area contributed by atoms with E-state index >= 15 is 0 Å². The monoisotopic (exact) mass is 253 g/mol. The van der Waals surface area contributed by atoms with Crippen LogP contribution in [0.15, 0.2) is 18.2 Å². The third-order valence-electron chi connectivity index (χ3n) is 2.50. The molecule has 0 aliphatic heterocycles. The second kappa shape index (κ2) is 5.97. The number of benzene rings is 1. The van der Waals surface area contributed by atoms with Gasteiger partial charge in [0.1, 0.15) is 5.75 Å². The van der Waals surface area contributed by atoms with Gasteiger partial charge in [-0.3, -0.25) is 14.9 Å². The van der Waals surface area contributed by atoms with Crippen LogP contribution in [0.5, 0.6) is 5.75 Å². The zero-order valence-electron chi connectivity index (χ0n) is 10.2. The summed E-state index contributed by atoms with van der Waals surface area (Å²) < 4.78 is 5.09. The molecule has 0 fully saturated rings. The van der Waals surface area contributed by atoms with Gasteiger partial charge in [-0.2, -0.15) is 0 Å². The number of hydrogen-bond acceptors (Lipinski definition) is 5. The highest BCUT2D eigenvalue weighted by Crippen LogP contribution is 2.23. The fourth-order valence-corrected chi connectivity index (χ4v) is 1.38. The van der Waals surface area contributed by atoms with Gasteiger partial charge in [0.05, 0.1) is 18.1 Å². The zero-order valence-corrected chi connectivity index (χ0v) is 10.2. The summed E-state index contributed by atoms with van der Waals surface area (Å²) in [5, 5.41) is 13.5. The molecule has 18 heavy (non-hydrogen) atoms. The molecule has 0 spiro atoms. The Hall–Kier alpha value is -2.15. The van der Waals surface area contributed by atoms with Crippen LogP contribution in [0.4, 0.5) is 5.69 Å². The SMILES string of the molecule is COc1ccc([N+](=O)[O-])cc1CNC(C)C(N)=O. The first kappa shape index (κ1) is 13.9. The van der Waals surface area contributed by atoms with Crippen molar-refractivity contribution < 1.29 is 14.5 Å². The summed E-state index contributed by atoms with van der Waals surface area (Å²) in [6.45, 7) is 1.88. The van der Waals surface area contributed by atoms with Crippen molar-refractivity contribution in [2.75, 3.05) is 7.11 Å². The molecular formula is C11H15N3O4. The molecule has 1 atom stereocenters. The summed E-state index contributed by atoms with van der Waals surface area (Å²) in [5.41, 5.74) is 5.68. The van der Waals surface area contributed by atoms with Crippen LogP contribution in [0.3, 0.4) is 0 Å². The van der Waals surface area contributed by atoms with Gasteiger partial charge in [-0.1, -0.05) is 0 Å². The van der Waals surface area contributed by atoms with Crippen molar-refractivity contribution in [1.82, 2.24) is 5.32 Å². The molecular weight excluding hydrogens is 238 g/mol. The van der Waals surface area contributed by atoms with E-state index in [0.717, 1.165) is 0 Å². The lowest BCUT2D eigenvalue weighted by Crippen LogP contribution is -2.38. The third kappa shape index (κ3) is 3.42. The van der Waals surface area contributed by atoms with E-state index in [1.807, 2.05) is 0 Å². The fourth-order valence-electron chi connectivity index (χ4n) is 1.38. The van der Waals surface area contributed by atoms with Crippen molar-refractivity contribution in [2.45, 2.75) is 19.5 Å². The van der Waals surface area contributed by atoms with Crippen LogP contribution in [0.1, 0.15) is 12.5 Å². The Morgan fingerprint density at radius 2 is 2.28 bits per heavy atom. The van der Waals surface area contributed by atoms with Crippen LogP contribution in [0, 0.1) is 10.1 Å². The fraction of sp³-hybridized carbons (Fsp3) is 0.364. The molecule has 1 aromatic rings. The van der Waals surface area contributed by atoms with Gasteiger partial charge in [0.15, 0.2) is 0 Å². The van der Waals surface area contributed by atoms with Crippen molar-refractivity contribution in [3.05, 3.63) is 33.9 Å². The second-order valence-corrected chi connectivity index (χ2v) is 3.76. The van der Waals surface area contributed by atoms with Gasteiger partial charge in [0.2, 0.25) is 5.91 Å². The number of amides is 1. The van der Waals surface area contributed by atoms with Crippen LogP contribution in [0.25, 0.3) is 0 Å². The van der Waals surface area contributed by atoms with E-state index in [9.17, 15) is 14.9 Å². The first-order valence-corrected chi connectivity index (χ1v) is 5.29. The van der Waals surface area contributed by atoms with Crippen molar-refractivity contribution in [3.63, 3.8) is 0 Å². The maximum absolute atomic E-state index is 10.9. The number of carbonyl (C=O) groups excluding carboxylic acids is 1. The summed E-state index contributed by atoms with van der Waals surface area (Å²) in [6, 6.07) is 3.76. The quantitative estimate of drug-likeness (QED) is 0.569. The summed E-state index contributed by atoms with van der Waals surface area (Å²) in [5.74, 6) is 0.0316. The number of hydrogen-bond donors (Lipinski definition) is 2. The Morgan fingerprint density at radius 1 is 1.61 bits per heavy atom. The average Bonchev–Trinajstić information content (AvgIpc) is 2.35. The summed E-state index contributed by atoms with van der Waals surface area (Å²) in [6.07, 6.45) is 0. The van der Waals surface area contributed by atoms with E-state index in [0.29, 0.717) is 11.3 Å². The molecule has 0 heterocycles. The van der Waals surface area contributed by atoms with Gasteiger partial charge in [-0.15, -0.1) is 0 Å². The van der Waals surface area contributed by atoms with Crippen LogP contribution >= 0.6 is 0 Å². The second-order valence-electron chi connectivity index (χ2n) is 3.76. The Bertz CT molecular complexity index is 462. The molecule has 0 aromatic heterocycles. The maximum atomic E-state index is 10.9.